The van der Waals surface area contributed by atoms with E-state index >= 15 is 0 Å². The van der Waals surface area contributed by atoms with E-state index in [-0.39, 0.29) is 6.71 Å². The molecule has 10 rings (SSSR count). The van der Waals surface area contributed by atoms with Crippen LogP contribution in [0.1, 0.15) is 0 Å². The Morgan fingerprint density at radius 1 is 0.512 bits per heavy atom. The zero-order valence-electron chi connectivity index (χ0n) is 22.1. The summed E-state index contributed by atoms with van der Waals surface area (Å²) in [6.45, 7) is 0.186. The highest BCUT2D eigenvalue weighted by Crippen LogP contribution is 2.44. The molecule has 8 aromatic rings. The maximum Gasteiger partial charge on any atom is 0.245 e. The number of nitrogens with zero attached hydrogens (tertiary/aromatic N) is 1. The van der Waals surface area contributed by atoms with Gasteiger partial charge in [-0.15, -0.1) is 0 Å². The van der Waals surface area contributed by atoms with Crippen molar-refractivity contribution in [3.8, 4) is 16.8 Å². The Labute approximate surface area is 242 Å². The molecule has 0 atom stereocenters. The van der Waals surface area contributed by atoms with Crippen molar-refractivity contribution in [1.82, 2.24) is 4.57 Å². The first-order valence-electron chi connectivity index (χ1n) is 14.2. The average molecular weight is 535 g/mol. The van der Waals surface area contributed by atoms with Gasteiger partial charge in [0.05, 0.1) is 11.0 Å². The Balaban J connectivity index is 1.42. The minimum absolute atomic E-state index is 0.186. The van der Waals surface area contributed by atoms with E-state index in [2.05, 4.69) is 138 Å². The van der Waals surface area contributed by atoms with Crippen LogP contribution in [-0.2, 0) is 0 Å². The monoisotopic (exact) mass is 535 g/mol. The molecule has 0 bridgehead atoms. The molecule has 0 saturated heterocycles. The summed E-state index contributed by atoms with van der Waals surface area (Å²) >= 11 is 1.95. The Kier molecular flexibility index (Phi) is 4.26. The van der Waals surface area contributed by atoms with Gasteiger partial charge >= 0.3 is 0 Å². The van der Waals surface area contributed by atoms with Crippen molar-refractivity contribution in [2.45, 2.75) is 9.79 Å². The van der Waals surface area contributed by atoms with Gasteiger partial charge in [0.25, 0.3) is 0 Å². The topological polar surface area (TPSA) is 4.93 Å². The van der Waals surface area contributed by atoms with Crippen molar-refractivity contribution in [1.29, 1.82) is 0 Å². The standard InChI is InChI=1S/C38H22BNS/c1-2-11-24(12-3-1)40-32-18-7-6-14-28(32)36-29-17-8-15-26-27-16-9-19-34-37(27)39(31(35(26)29)22-33(36)40)30-21-20-23-10-4-5-13-25(23)38(30)41-34/h1-22H. The van der Waals surface area contributed by atoms with Gasteiger partial charge in [-0.1, -0.05) is 126 Å². The van der Waals surface area contributed by atoms with E-state index in [1.807, 2.05) is 11.8 Å². The number of fused-ring (bicyclic) bond motifs is 10. The molecule has 0 amide bonds. The molecule has 41 heavy (non-hydrogen) atoms. The highest BCUT2D eigenvalue weighted by Gasteiger charge is 2.39. The van der Waals surface area contributed by atoms with E-state index in [0.717, 1.165) is 0 Å². The van der Waals surface area contributed by atoms with Gasteiger partial charge in [0.2, 0.25) is 6.71 Å². The lowest BCUT2D eigenvalue weighted by Crippen LogP contribution is -2.57. The molecule has 7 aromatic carbocycles. The number of aromatic nitrogens is 1. The van der Waals surface area contributed by atoms with Gasteiger partial charge in [-0.3, -0.25) is 0 Å². The van der Waals surface area contributed by atoms with Crippen LogP contribution in [0.2, 0.25) is 0 Å². The number of rotatable bonds is 1. The zero-order chi connectivity index (χ0) is 26.7. The predicted octanol–water partition coefficient (Wildman–Crippen LogP) is 8.05. The number of benzene rings is 7. The van der Waals surface area contributed by atoms with Crippen LogP contribution in [0, 0.1) is 0 Å². The van der Waals surface area contributed by atoms with Gasteiger partial charge in [-0.2, -0.15) is 0 Å². The van der Waals surface area contributed by atoms with Crippen LogP contribution in [0.15, 0.2) is 143 Å². The maximum absolute atomic E-state index is 2.52. The lowest BCUT2D eigenvalue weighted by Gasteiger charge is -2.34. The summed E-state index contributed by atoms with van der Waals surface area (Å²) in [7, 11) is 0. The molecule has 0 aliphatic carbocycles. The molecular formula is C38H22BNS. The van der Waals surface area contributed by atoms with Gasteiger partial charge in [-0.25, -0.2) is 0 Å². The van der Waals surface area contributed by atoms with Crippen LogP contribution in [0.3, 0.4) is 0 Å². The third kappa shape index (κ3) is 2.79. The van der Waals surface area contributed by atoms with Gasteiger partial charge in [0.1, 0.15) is 0 Å². The van der Waals surface area contributed by atoms with E-state index in [4.69, 9.17) is 0 Å². The largest absolute Gasteiger partial charge is 0.309 e. The molecule has 1 aromatic heterocycles. The first kappa shape index (κ1) is 22.0. The van der Waals surface area contributed by atoms with E-state index in [9.17, 15) is 0 Å². The Hall–Kier alpha value is -4.73. The third-order valence-electron chi connectivity index (χ3n) is 9.23. The molecule has 0 spiro atoms. The first-order valence-corrected chi connectivity index (χ1v) is 15.1. The average Bonchev–Trinajstić information content (AvgIpc) is 3.37. The molecule has 0 saturated carbocycles. The molecule has 0 fully saturated rings. The SMILES string of the molecule is c1ccc(-n2c3ccccc3c3c4cccc5c4c(cc32)B2c3ccc4ccccc4c3Sc3cccc-5c32)cc1. The molecule has 3 heteroatoms. The van der Waals surface area contributed by atoms with Gasteiger partial charge in [0, 0.05) is 26.3 Å². The summed E-state index contributed by atoms with van der Waals surface area (Å²) in [5.41, 5.74) is 10.8. The lowest BCUT2D eigenvalue weighted by atomic mass is 9.33. The number of hydrogen-bond donors (Lipinski definition) is 0. The lowest BCUT2D eigenvalue weighted by molar-refractivity contribution is 1.18. The molecule has 1 nitrogen and oxygen atoms in total. The van der Waals surface area contributed by atoms with E-state index in [0.29, 0.717) is 0 Å². The Bertz CT molecular complexity index is 2400. The molecule has 2 aliphatic heterocycles. The molecule has 2 aliphatic rings. The minimum Gasteiger partial charge on any atom is -0.309 e. The Morgan fingerprint density at radius 3 is 2.20 bits per heavy atom. The molecule has 188 valence electrons. The Morgan fingerprint density at radius 2 is 1.27 bits per heavy atom. The second-order valence-electron chi connectivity index (χ2n) is 11.2. The minimum atomic E-state index is 0.186. The first-order chi connectivity index (χ1) is 20.4. The van der Waals surface area contributed by atoms with Crippen LogP contribution in [-0.4, -0.2) is 11.3 Å². The third-order valence-corrected chi connectivity index (χ3v) is 10.5. The number of hydrogen-bond acceptors (Lipinski definition) is 1. The summed E-state index contributed by atoms with van der Waals surface area (Å²) in [6, 6.07) is 49.7. The van der Waals surface area contributed by atoms with Crippen molar-refractivity contribution in [3.05, 3.63) is 133 Å². The van der Waals surface area contributed by atoms with E-state index < -0.39 is 0 Å². The van der Waals surface area contributed by atoms with Crippen LogP contribution < -0.4 is 16.4 Å². The smallest absolute Gasteiger partial charge is 0.245 e. The van der Waals surface area contributed by atoms with Crippen LogP contribution in [0.25, 0.3) is 60.2 Å². The summed E-state index contributed by atoms with van der Waals surface area (Å²) in [5.74, 6) is 0. The number of para-hydroxylation sites is 2. The van der Waals surface area contributed by atoms with Crippen LogP contribution in [0.5, 0.6) is 0 Å². The zero-order valence-corrected chi connectivity index (χ0v) is 23.0. The van der Waals surface area contributed by atoms with E-state index in [1.165, 1.54) is 86.3 Å². The summed E-state index contributed by atoms with van der Waals surface area (Å²) in [5, 5.41) is 8.04. The van der Waals surface area contributed by atoms with E-state index in [1.54, 1.807) is 0 Å². The normalized spacial score (nSPS) is 13.2. The van der Waals surface area contributed by atoms with Crippen molar-refractivity contribution in [3.63, 3.8) is 0 Å². The maximum atomic E-state index is 2.52. The van der Waals surface area contributed by atoms with Gasteiger partial charge in [0.15, 0.2) is 0 Å². The summed E-state index contributed by atoms with van der Waals surface area (Å²) < 4.78 is 2.47. The summed E-state index contributed by atoms with van der Waals surface area (Å²) in [6.07, 6.45) is 0. The highest BCUT2D eigenvalue weighted by atomic mass is 32.2. The quantitative estimate of drug-likeness (QED) is 0.193. The molecule has 3 heterocycles. The van der Waals surface area contributed by atoms with Gasteiger partial charge in [-0.05, 0) is 68.5 Å². The van der Waals surface area contributed by atoms with Gasteiger partial charge < -0.3 is 4.57 Å². The second kappa shape index (κ2) is 7.93. The van der Waals surface area contributed by atoms with Crippen molar-refractivity contribution in [2.24, 2.45) is 0 Å². The summed E-state index contributed by atoms with van der Waals surface area (Å²) in [4.78, 5) is 2.77. The molecule has 0 radical (unpaired) electrons. The highest BCUT2D eigenvalue weighted by molar-refractivity contribution is 8.00. The van der Waals surface area contributed by atoms with Crippen LogP contribution >= 0.6 is 11.8 Å². The van der Waals surface area contributed by atoms with Crippen molar-refractivity contribution < 1.29 is 0 Å². The molecular weight excluding hydrogens is 513 g/mol. The second-order valence-corrected chi connectivity index (χ2v) is 12.3. The fourth-order valence-corrected chi connectivity index (χ4v) is 8.94. The predicted molar refractivity (Wildman–Crippen MR) is 176 cm³/mol. The van der Waals surface area contributed by atoms with Crippen molar-refractivity contribution in [2.75, 3.05) is 0 Å². The van der Waals surface area contributed by atoms with Crippen LogP contribution in [0.4, 0.5) is 0 Å². The fourth-order valence-electron chi connectivity index (χ4n) is 7.63. The molecule has 0 unspecified atom stereocenters. The molecule has 0 N–H and O–H groups in total. The van der Waals surface area contributed by atoms with Crippen molar-refractivity contribution >= 4 is 78.2 Å². The fraction of sp³-hybridized carbons (Fsp3) is 0.